The number of pyridine rings is 1. The van der Waals surface area contributed by atoms with Crippen molar-refractivity contribution in [1.29, 1.82) is 0 Å². The monoisotopic (exact) mass is 458 g/mol. The average Bonchev–Trinajstić information content (AvgIpc) is 2.94. The predicted octanol–water partition coefficient (Wildman–Crippen LogP) is 3.19. The van der Waals surface area contributed by atoms with Crippen molar-refractivity contribution in [3.8, 4) is 50.8 Å². The molecule has 4 nitrogen and oxygen atoms in total. The van der Waals surface area contributed by atoms with Gasteiger partial charge >= 0.3 is 18.9 Å². The predicted molar refractivity (Wildman–Crippen MR) is 137 cm³/mol. The van der Waals surface area contributed by atoms with Crippen molar-refractivity contribution in [2.45, 2.75) is 0 Å². The molecule has 0 saturated heterocycles. The van der Waals surface area contributed by atoms with E-state index in [0.29, 0.717) is 11.3 Å². The van der Waals surface area contributed by atoms with Crippen molar-refractivity contribution < 1.29 is 29.0 Å². The molecule has 166 valence electrons. The first-order valence-corrected chi connectivity index (χ1v) is 11.5. The van der Waals surface area contributed by atoms with E-state index in [9.17, 15) is 5.11 Å². The molecular weight excluding hydrogens is 437 g/mol. The number of rotatable bonds is 4. The van der Waals surface area contributed by atoms with Crippen LogP contribution in [-0.4, -0.2) is 9.97 Å². The third-order valence-corrected chi connectivity index (χ3v) is 6.11. The number of hydrogen-bond acceptors (Lipinski definition) is 3. The van der Waals surface area contributed by atoms with Gasteiger partial charge in [-0.2, -0.15) is 0 Å². The number of H-pyrrole nitrogens is 1. The molecular formula is C31H21LiN3O+. The van der Waals surface area contributed by atoms with Gasteiger partial charge in [0.15, 0.2) is 12.0 Å². The first-order valence-electron chi connectivity index (χ1n) is 11.5. The molecule has 0 unspecified atom stereocenters. The molecule has 0 aliphatic heterocycles. The van der Waals surface area contributed by atoms with Crippen molar-refractivity contribution >= 4 is 10.9 Å². The number of fused-ring (bicyclic) bond motifs is 1. The first-order chi connectivity index (χ1) is 17.3. The zero-order valence-corrected chi connectivity index (χ0v) is 19.8. The second-order valence-electron chi connectivity index (χ2n) is 8.34. The van der Waals surface area contributed by atoms with E-state index in [1.807, 2.05) is 72.8 Å². The van der Waals surface area contributed by atoms with Crippen LogP contribution in [0.3, 0.4) is 0 Å². The van der Waals surface area contributed by atoms with E-state index >= 15 is 0 Å². The molecule has 6 aromatic rings. The van der Waals surface area contributed by atoms with Gasteiger partial charge in [0, 0.05) is 22.8 Å². The molecule has 0 amide bonds. The van der Waals surface area contributed by atoms with Gasteiger partial charge in [0.05, 0.1) is 16.8 Å². The molecule has 2 heterocycles. The van der Waals surface area contributed by atoms with Gasteiger partial charge in [0.25, 0.3) is 0 Å². The third kappa shape index (κ3) is 4.53. The quantitative estimate of drug-likeness (QED) is 0.381. The Hall–Kier alpha value is -4.23. The standard InChI is InChI=1S/C31H21N3O.Li/c35-29-18-17-25(26-12-7-19-32-30(26)29)21-13-15-23(16-14-21)28-20-27(22-8-3-1-4-9-22)33-31(34-28)24-10-5-2-6-11-24;/h1-20,35H;/q;+1. The van der Waals surface area contributed by atoms with Crippen LogP contribution in [0.25, 0.3) is 55.9 Å². The third-order valence-electron chi connectivity index (χ3n) is 6.11. The molecule has 6 rings (SSSR count). The molecule has 5 heteroatoms. The maximum absolute atomic E-state index is 12.3. The summed E-state index contributed by atoms with van der Waals surface area (Å²) in [5.74, 6) is 0.683. The summed E-state index contributed by atoms with van der Waals surface area (Å²) in [6.07, 6.45) is 1.78. The van der Waals surface area contributed by atoms with Gasteiger partial charge in [-0.1, -0.05) is 97.1 Å². The maximum Gasteiger partial charge on any atom is 1.00 e. The number of aromatic nitrogens is 3. The fourth-order valence-electron chi connectivity index (χ4n) is 4.34. The van der Waals surface area contributed by atoms with Crippen molar-refractivity contribution in [3.05, 3.63) is 121 Å². The van der Waals surface area contributed by atoms with E-state index < -0.39 is 0 Å². The van der Waals surface area contributed by atoms with Crippen molar-refractivity contribution in [2.24, 2.45) is 0 Å². The van der Waals surface area contributed by atoms with Crippen LogP contribution in [0.4, 0.5) is 0 Å². The summed E-state index contributed by atoms with van der Waals surface area (Å²) in [7, 11) is 0. The van der Waals surface area contributed by atoms with Gasteiger partial charge < -0.3 is 5.11 Å². The summed E-state index contributed by atoms with van der Waals surface area (Å²) in [6, 6.07) is 37.9. The summed E-state index contributed by atoms with van der Waals surface area (Å²) in [4.78, 5) is 12.8. The Morgan fingerprint density at radius 2 is 1.14 bits per heavy atom. The molecule has 4 aromatic carbocycles. The maximum atomic E-state index is 12.3. The molecule has 0 radical (unpaired) electrons. The zero-order chi connectivity index (χ0) is 23.6. The number of aromatic amines is 1. The Balaban J connectivity index is 0.00000267. The molecule has 0 bridgehead atoms. The Morgan fingerprint density at radius 3 is 1.81 bits per heavy atom. The minimum atomic E-state index is -0.0103. The SMILES string of the molecule is [Li+].[O-]c1ccc(-c2ccc(-c3cc(-c4ccccc4)nc(-c4ccccc4)n3)cc2)c2ccc[nH+]c12. The molecule has 36 heavy (non-hydrogen) atoms. The summed E-state index contributed by atoms with van der Waals surface area (Å²) in [5, 5.41) is 13.2. The second-order valence-corrected chi connectivity index (χ2v) is 8.34. The van der Waals surface area contributed by atoms with Gasteiger partial charge in [0.2, 0.25) is 5.52 Å². The molecule has 0 aliphatic rings. The molecule has 1 N–H and O–H groups in total. The van der Waals surface area contributed by atoms with Crippen molar-refractivity contribution in [2.75, 3.05) is 0 Å². The molecule has 0 spiro atoms. The summed E-state index contributed by atoms with van der Waals surface area (Å²) in [6.45, 7) is 0. The fourth-order valence-corrected chi connectivity index (χ4v) is 4.34. The van der Waals surface area contributed by atoms with Crippen molar-refractivity contribution in [1.82, 2.24) is 9.97 Å². The van der Waals surface area contributed by atoms with Crippen LogP contribution in [-0.2, 0) is 0 Å². The van der Waals surface area contributed by atoms with Gasteiger partial charge in [-0.3, -0.25) is 0 Å². The van der Waals surface area contributed by atoms with E-state index in [1.54, 1.807) is 12.3 Å². The normalized spacial score (nSPS) is 10.7. The van der Waals surface area contributed by atoms with Gasteiger partial charge in [0.1, 0.15) is 0 Å². The molecule has 0 fully saturated rings. The van der Waals surface area contributed by atoms with Gasteiger partial charge in [-0.05, 0) is 29.0 Å². The summed E-state index contributed by atoms with van der Waals surface area (Å²) < 4.78 is 0. The summed E-state index contributed by atoms with van der Waals surface area (Å²) >= 11 is 0. The Bertz CT molecular complexity index is 1580. The fraction of sp³-hybridized carbons (Fsp3) is 0. The van der Waals surface area contributed by atoms with E-state index in [1.165, 1.54) is 0 Å². The van der Waals surface area contributed by atoms with Crippen LogP contribution in [0, 0.1) is 0 Å². The van der Waals surface area contributed by atoms with Crippen LogP contribution < -0.4 is 29.0 Å². The van der Waals surface area contributed by atoms with E-state index in [0.717, 1.165) is 44.6 Å². The van der Waals surface area contributed by atoms with Crippen molar-refractivity contribution in [3.63, 3.8) is 0 Å². The molecule has 0 saturated carbocycles. The van der Waals surface area contributed by atoms with Gasteiger partial charge in [-0.25, -0.2) is 15.0 Å². The Morgan fingerprint density at radius 1 is 0.556 bits per heavy atom. The van der Waals surface area contributed by atoms with Crippen LogP contribution in [0.2, 0.25) is 0 Å². The van der Waals surface area contributed by atoms with E-state index in [4.69, 9.17) is 9.97 Å². The Labute approximate surface area is 221 Å². The van der Waals surface area contributed by atoms with E-state index in [-0.39, 0.29) is 24.6 Å². The van der Waals surface area contributed by atoms with E-state index in [2.05, 4.69) is 41.4 Å². The first kappa shape index (κ1) is 23.5. The second kappa shape index (κ2) is 10.2. The summed E-state index contributed by atoms with van der Waals surface area (Å²) in [5.41, 5.74) is 7.43. The average molecular weight is 458 g/mol. The van der Waals surface area contributed by atoms with Crippen LogP contribution in [0.1, 0.15) is 0 Å². The molecule has 0 atom stereocenters. The molecule has 2 aromatic heterocycles. The minimum absolute atomic E-state index is 0. The van der Waals surface area contributed by atoms with Crippen LogP contribution in [0.5, 0.6) is 5.75 Å². The number of nitrogens with one attached hydrogen (secondary N) is 1. The topological polar surface area (TPSA) is 63.0 Å². The largest absolute Gasteiger partial charge is 1.00 e. The van der Waals surface area contributed by atoms with Crippen LogP contribution >= 0.6 is 0 Å². The molecule has 0 aliphatic carbocycles. The number of nitrogens with zero attached hydrogens (tertiary/aromatic N) is 2. The number of benzene rings is 4. The smallest absolute Gasteiger partial charge is 0.868 e. The number of hydrogen-bond donors (Lipinski definition) is 0. The van der Waals surface area contributed by atoms with Gasteiger partial charge in [-0.15, -0.1) is 0 Å². The van der Waals surface area contributed by atoms with Crippen LogP contribution in [0.15, 0.2) is 121 Å². The Kier molecular flexibility index (Phi) is 6.64. The zero-order valence-electron chi connectivity index (χ0n) is 19.8. The minimum Gasteiger partial charge on any atom is -0.868 e.